The molecule has 8 nitrogen and oxygen atoms in total. The number of aliphatic hydroxyl groups excluding tert-OH is 1. The molecule has 0 aliphatic carbocycles. The quantitative estimate of drug-likeness (QED) is 0.323. The van der Waals surface area contributed by atoms with Crippen LogP contribution in [0.5, 0.6) is 0 Å². The van der Waals surface area contributed by atoms with Crippen LogP contribution in [0.25, 0.3) is 0 Å². The molecular weight excluding hydrogens is 394 g/mol. The van der Waals surface area contributed by atoms with E-state index < -0.39 is 49.7 Å². The summed E-state index contributed by atoms with van der Waals surface area (Å²) < 4.78 is 16.8. The first kappa shape index (κ1) is 23.5. The lowest BCUT2D eigenvalue weighted by Gasteiger charge is -2.46. The average molecular weight is 426 g/mol. The van der Waals surface area contributed by atoms with E-state index in [1.807, 2.05) is 33.9 Å². The lowest BCUT2D eigenvalue weighted by atomic mass is 9.81. The molecule has 1 aromatic carbocycles. The fourth-order valence-electron chi connectivity index (χ4n) is 3.24. The van der Waals surface area contributed by atoms with Gasteiger partial charge < -0.3 is 19.0 Å². The van der Waals surface area contributed by atoms with Crippen molar-refractivity contribution in [3.8, 4) is 0 Å². The highest BCUT2D eigenvalue weighted by Crippen LogP contribution is 2.43. The Labute approximate surface area is 172 Å². The normalized spacial score (nSPS) is 28.0. The minimum atomic E-state index is -2.42. The Morgan fingerprint density at radius 1 is 1.28 bits per heavy atom. The monoisotopic (exact) mass is 425 g/mol. The summed E-state index contributed by atoms with van der Waals surface area (Å²) in [5.74, 6) is -1.74. The number of benzene rings is 1. The predicted molar refractivity (Wildman–Crippen MR) is 110 cm³/mol. The fourth-order valence-corrected chi connectivity index (χ4v) is 4.54. The third kappa shape index (κ3) is 5.03. The second-order valence-corrected chi connectivity index (χ2v) is 13.5. The maximum absolute atomic E-state index is 12.4. The summed E-state index contributed by atoms with van der Waals surface area (Å²) >= 11 is 0. The third-order valence-electron chi connectivity index (χ3n) is 5.78. The smallest absolute Gasteiger partial charge is 0.342 e. The number of nitro groups is 1. The molecule has 2 rings (SSSR count). The molecule has 0 bridgehead atoms. The van der Waals surface area contributed by atoms with Crippen molar-refractivity contribution in [2.75, 3.05) is 6.61 Å². The van der Waals surface area contributed by atoms with E-state index in [2.05, 4.69) is 0 Å². The van der Waals surface area contributed by atoms with Crippen molar-refractivity contribution in [1.82, 2.24) is 0 Å². The zero-order chi connectivity index (χ0) is 22.0. The largest absolute Gasteiger partial charge is 0.464 e. The first-order valence-electron chi connectivity index (χ1n) is 9.77. The van der Waals surface area contributed by atoms with Crippen LogP contribution in [0.4, 0.5) is 0 Å². The lowest BCUT2D eigenvalue weighted by molar-refractivity contribution is -0.550. The molecule has 1 heterocycles. The molecule has 0 amide bonds. The van der Waals surface area contributed by atoms with Crippen LogP contribution in [0.2, 0.25) is 18.1 Å². The topological polar surface area (TPSA) is 108 Å². The van der Waals surface area contributed by atoms with E-state index in [-0.39, 0.29) is 11.6 Å². The van der Waals surface area contributed by atoms with Crippen molar-refractivity contribution < 1.29 is 28.7 Å². The lowest BCUT2D eigenvalue weighted by Crippen LogP contribution is -2.61. The van der Waals surface area contributed by atoms with Gasteiger partial charge in [-0.25, -0.2) is 4.79 Å². The molecule has 0 radical (unpaired) electrons. The van der Waals surface area contributed by atoms with Gasteiger partial charge in [-0.15, -0.1) is 0 Å². The molecule has 1 fully saturated rings. The van der Waals surface area contributed by atoms with Crippen LogP contribution in [0.1, 0.15) is 39.2 Å². The Balaban J connectivity index is 2.55. The van der Waals surface area contributed by atoms with Gasteiger partial charge in [0.05, 0.1) is 12.5 Å². The first-order chi connectivity index (χ1) is 13.4. The summed E-state index contributed by atoms with van der Waals surface area (Å²) in [6, 6.07) is 7.35. The molecule has 0 unspecified atom stereocenters. The molecule has 162 valence electrons. The zero-order valence-electron chi connectivity index (χ0n) is 17.8. The summed E-state index contributed by atoms with van der Waals surface area (Å²) in [5.41, 5.74) is 0.606. The Hall–Kier alpha value is -1.81. The average Bonchev–Trinajstić information content (AvgIpc) is 2.62. The Kier molecular flexibility index (Phi) is 7.21. The summed E-state index contributed by atoms with van der Waals surface area (Å²) in [6.45, 7) is 11.8. The number of esters is 1. The molecule has 0 spiro atoms. The Morgan fingerprint density at radius 2 is 1.86 bits per heavy atom. The molecule has 1 aromatic rings. The van der Waals surface area contributed by atoms with Crippen LogP contribution in [-0.2, 0) is 18.7 Å². The van der Waals surface area contributed by atoms with E-state index in [0.717, 1.165) is 0 Å². The maximum Gasteiger partial charge on any atom is 0.342 e. The second kappa shape index (κ2) is 8.91. The van der Waals surface area contributed by atoms with Crippen LogP contribution in [0.3, 0.4) is 0 Å². The van der Waals surface area contributed by atoms with E-state index >= 15 is 0 Å². The summed E-state index contributed by atoms with van der Waals surface area (Å²) in [5, 5.41) is 22.6. The zero-order valence-corrected chi connectivity index (χ0v) is 18.8. The maximum atomic E-state index is 12.4. The van der Waals surface area contributed by atoms with Gasteiger partial charge in [0.15, 0.2) is 14.6 Å². The van der Waals surface area contributed by atoms with Gasteiger partial charge in [0.25, 0.3) is 6.04 Å². The summed E-state index contributed by atoms with van der Waals surface area (Å²) in [4.78, 5) is 23.9. The van der Waals surface area contributed by atoms with E-state index in [1.165, 1.54) is 0 Å². The third-order valence-corrected chi connectivity index (χ3v) is 10.3. The van der Waals surface area contributed by atoms with Crippen LogP contribution < -0.4 is 0 Å². The summed E-state index contributed by atoms with van der Waals surface area (Å²) in [6.07, 6.45) is -4.01. The molecular formula is C20H31NO7Si. The minimum Gasteiger partial charge on any atom is -0.464 e. The van der Waals surface area contributed by atoms with Crippen molar-refractivity contribution in [2.45, 2.75) is 76.3 Å². The minimum absolute atomic E-state index is 0.0547. The number of rotatable bonds is 6. The first-order valence-corrected chi connectivity index (χ1v) is 12.7. The van der Waals surface area contributed by atoms with E-state index in [0.29, 0.717) is 5.56 Å². The highest BCUT2D eigenvalue weighted by molar-refractivity contribution is 6.74. The van der Waals surface area contributed by atoms with Crippen LogP contribution in [0.15, 0.2) is 30.3 Å². The number of aliphatic hydroxyl groups is 1. The van der Waals surface area contributed by atoms with E-state index in [1.54, 1.807) is 37.3 Å². The number of hydrogen-bond donors (Lipinski definition) is 1. The van der Waals surface area contributed by atoms with Gasteiger partial charge in [0.1, 0.15) is 6.10 Å². The Morgan fingerprint density at radius 3 is 2.34 bits per heavy atom. The molecule has 5 atom stereocenters. The van der Waals surface area contributed by atoms with Crippen molar-refractivity contribution in [2.24, 2.45) is 0 Å². The van der Waals surface area contributed by atoms with E-state index in [4.69, 9.17) is 13.9 Å². The number of ether oxygens (including phenoxy) is 2. The van der Waals surface area contributed by atoms with Crippen molar-refractivity contribution in [3.05, 3.63) is 46.0 Å². The van der Waals surface area contributed by atoms with Gasteiger partial charge in [-0.1, -0.05) is 51.1 Å². The fraction of sp³-hybridized carbons (Fsp3) is 0.650. The SMILES string of the molecule is CCOC(=O)[C@H]1O[C@H](O)[C@@H](O[Si](C)(C)C(C)(C)C)[C@@H](c2ccccc2)[C@@H]1[N+](=O)[O-]. The summed E-state index contributed by atoms with van der Waals surface area (Å²) in [7, 11) is -2.42. The molecule has 9 heteroatoms. The van der Waals surface area contributed by atoms with Gasteiger partial charge in [0, 0.05) is 4.92 Å². The molecule has 0 saturated carbocycles. The molecule has 1 N–H and O–H groups in total. The van der Waals surface area contributed by atoms with E-state index in [9.17, 15) is 20.0 Å². The van der Waals surface area contributed by atoms with Crippen LogP contribution in [-0.4, -0.2) is 55.5 Å². The van der Waals surface area contributed by atoms with Crippen LogP contribution >= 0.6 is 0 Å². The van der Waals surface area contributed by atoms with Gasteiger partial charge >= 0.3 is 5.97 Å². The van der Waals surface area contributed by atoms with Crippen molar-refractivity contribution >= 4 is 14.3 Å². The molecule has 1 aliphatic rings. The number of hydrogen-bond acceptors (Lipinski definition) is 7. The van der Waals surface area contributed by atoms with Crippen molar-refractivity contribution in [1.29, 1.82) is 0 Å². The second-order valence-electron chi connectivity index (χ2n) is 8.75. The van der Waals surface area contributed by atoms with Gasteiger partial charge in [-0.3, -0.25) is 10.1 Å². The number of nitrogens with zero attached hydrogens (tertiary/aromatic N) is 1. The van der Waals surface area contributed by atoms with Gasteiger partial charge in [-0.2, -0.15) is 0 Å². The van der Waals surface area contributed by atoms with Gasteiger partial charge in [-0.05, 0) is 30.6 Å². The molecule has 29 heavy (non-hydrogen) atoms. The highest BCUT2D eigenvalue weighted by atomic mass is 28.4. The van der Waals surface area contributed by atoms with Gasteiger partial charge in [0.2, 0.25) is 6.10 Å². The van der Waals surface area contributed by atoms with Crippen LogP contribution in [0, 0.1) is 10.1 Å². The Bertz CT molecular complexity index is 719. The predicted octanol–water partition coefficient (Wildman–Crippen LogP) is 3.09. The van der Waals surface area contributed by atoms with Crippen molar-refractivity contribution in [3.63, 3.8) is 0 Å². The molecule has 1 aliphatic heterocycles. The number of carbonyl (C=O) groups excluding carboxylic acids is 1. The number of carbonyl (C=O) groups is 1. The molecule has 1 saturated heterocycles. The molecule has 0 aromatic heterocycles. The highest BCUT2D eigenvalue weighted by Gasteiger charge is 2.58. The standard InChI is InChI=1S/C20H31NO7Si/c1-7-26-18(22)17-15(21(24)25)14(13-11-9-8-10-12-13)16(19(23)27-17)28-29(5,6)20(2,3)4/h8-12,14-17,19,23H,7H2,1-6H3/t14-,15-,16-,17-,19-/m0/s1.